The second-order valence-corrected chi connectivity index (χ2v) is 7.60. The number of rotatable bonds is 2. The summed E-state index contributed by atoms with van der Waals surface area (Å²) in [5.74, 6) is -0.352. The fourth-order valence-electron chi connectivity index (χ4n) is 3.22. The molecule has 3 rings (SSSR count). The van der Waals surface area contributed by atoms with E-state index in [4.69, 9.17) is 4.74 Å². The predicted octanol–water partition coefficient (Wildman–Crippen LogP) is 2.72. The summed E-state index contributed by atoms with van der Waals surface area (Å²) >= 11 is 0. The second-order valence-electron chi connectivity index (χ2n) is 7.60. The highest BCUT2D eigenvalue weighted by Crippen LogP contribution is 2.29. The third kappa shape index (κ3) is 4.44. The fraction of sp³-hybridized carbons (Fsp3) is 0.556. The summed E-state index contributed by atoms with van der Waals surface area (Å²) in [5, 5.41) is 6.46. The Morgan fingerprint density at radius 1 is 1.16 bits per heavy atom. The number of hydrogen-bond acceptors (Lipinski definition) is 4. The molecule has 0 aliphatic carbocycles. The molecule has 2 fully saturated rings. The van der Waals surface area contributed by atoms with Gasteiger partial charge in [0.2, 0.25) is 0 Å². The SMILES string of the molecule is CC(C)(C)OC(=O)c1ccc(N2CC3(CCNCC3)NC2=O)cc1.Cl. The number of carbonyl (C=O) groups excluding carboxylic acids is 2. The van der Waals surface area contributed by atoms with Gasteiger partial charge in [-0.3, -0.25) is 4.90 Å². The topological polar surface area (TPSA) is 70.7 Å². The molecule has 2 heterocycles. The summed E-state index contributed by atoms with van der Waals surface area (Å²) in [7, 11) is 0. The van der Waals surface area contributed by atoms with Crippen LogP contribution in [-0.4, -0.2) is 42.8 Å². The molecule has 2 aliphatic heterocycles. The fourth-order valence-corrected chi connectivity index (χ4v) is 3.22. The van der Waals surface area contributed by atoms with Gasteiger partial charge in [-0.15, -0.1) is 12.4 Å². The zero-order valence-corrected chi connectivity index (χ0v) is 15.7. The van der Waals surface area contributed by atoms with Crippen molar-refractivity contribution in [2.24, 2.45) is 0 Å². The first-order valence-corrected chi connectivity index (χ1v) is 8.42. The number of esters is 1. The van der Waals surface area contributed by atoms with Crippen molar-refractivity contribution in [3.05, 3.63) is 29.8 Å². The average Bonchev–Trinajstić information content (AvgIpc) is 2.82. The number of carbonyl (C=O) groups is 2. The molecule has 2 N–H and O–H groups in total. The molecule has 0 aromatic heterocycles. The third-order valence-electron chi connectivity index (χ3n) is 4.45. The second kappa shape index (κ2) is 7.22. The van der Waals surface area contributed by atoms with Gasteiger partial charge in [0, 0.05) is 5.69 Å². The molecule has 2 amide bonds. The maximum atomic E-state index is 12.4. The number of anilines is 1. The van der Waals surface area contributed by atoms with Gasteiger partial charge in [-0.25, -0.2) is 9.59 Å². The highest BCUT2D eigenvalue weighted by molar-refractivity contribution is 5.96. The van der Waals surface area contributed by atoms with E-state index >= 15 is 0 Å². The molecule has 1 aromatic carbocycles. The largest absolute Gasteiger partial charge is 0.456 e. The van der Waals surface area contributed by atoms with Gasteiger partial charge in [0.15, 0.2) is 0 Å². The Morgan fingerprint density at radius 3 is 2.32 bits per heavy atom. The molecule has 138 valence electrons. The Balaban J connectivity index is 0.00000225. The summed E-state index contributed by atoms with van der Waals surface area (Å²) in [5.41, 5.74) is 0.637. The van der Waals surface area contributed by atoms with E-state index in [9.17, 15) is 9.59 Å². The highest BCUT2D eigenvalue weighted by atomic mass is 35.5. The first-order valence-electron chi connectivity index (χ1n) is 8.42. The smallest absolute Gasteiger partial charge is 0.338 e. The highest BCUT2D eigenvalue weighted by Gasteiger charge is 2.43. The minimum Gasteiger partial charge on any atom is -0.456 e. The van der Waals surface area contributed by atoms with Crippen molar-refractivity contribution < 1.29 is 14.3 Å². The zero-order valence-electron chi connectivity index (χ0n) is 14.9. The predicted molar refractivity (Wildman–Crippen MR) is 99.6 cm³/mol. The van der Waals surface area contributed by atoms with E-state index in [1.807, 2.05) is 20.8 Å². The van der Waals surface area contributed by atoms with E-state index in [1.54, 1.807) is 29.2 Å². The van der Waals surface area contributed by atoms with Gasteiger partial charge in [-0.05, 0) is 71.0 Å². The van der Waals surface area contributed by atoms with E-state index in [0.717, 1.165) is 31.6 Å². The van der Waals surface area contributed by atoms with Gasteiger partial charge < -0.3 is 15.4 Å². The zero-order chi connectivity index (χ0) is 17.4. The number of nitrogens with zero attached hydrogens (tertiary/aromatic N) is 1. The molecule has 1 spiro atoms. The van der Waals surface area contributed by atoms with Crippen molar-refractivity contribution in [1.29, 1.82) is 0 Å². The third-order valence-corrected chi connectivity index (χ3v) is 4.45. The first kappa shape index (κ1) is 19.5. The Labute approximate surface area is 154 Å². The lowest BCUT2D eigenvalue weighted by molar-refractivity contribution is 0.00695. The van der Waals surface area contributed by atoms with Gasteiger partial charge in [0.1, 0.15) is 5.60 Å². The lowest BCUT2D eigenvalue weighted by Crippen LogP contribution is -2.51. The van der Waals surface area contributed by atoms with Crippen LogP contribution in [0.4, 0.5) is 10.5 Å². The Morgan fingerprint density at radius 2 is 1.76 bits per heavy atom. The van der Waals surface area contributed by atoms with Gasteiger partial charge in [-0.2, -0.15) is 0 Å². The normalized spacial score (nSPS) is 19.3. The molecule has 2 aliphatic rings. The summed E-state index contributed by atoms with van der Waals surface area (Å²) in [6.45, 7) is 8.03. The summed E-state index contributed by atoms with van der Waals surface area (Å²) in [6, 6.07) is 6.97. The van der Waals surface area contributed by atoms with Gasteiger partial charge >= 0.3 is 12.0 Å². The lowest BCUT2D eigenvalue weighted by Gasteiger charge is -2.32. The van der Waals surface area contributed by atoms with Crippen molar-refractivity contribution in [3.8, 4) is 0 Å². The Bertz CT molecular complexity index is 634. The number of benzene rings is 1. The van der Waals surface area contributed by atoms with Crippen LogP contribution in [0.25, 0.3) is 0 Å². The molecular formula is C18H26ClN3O3. The van der Waals surface area contributed by atoms with Crippen molar-refractivity contribution in [1.82, 2.24) is 10.6 Å². The quantitative estimate of drug-likeness (QED) is 0.788. The molecular weight excluding hydrogens is 342 g/mol. The Hall–Kier alpha value is -1.79. The first-order chi connectivity index (χ1) is 11.3. The van der Waals surface area contributed by atoms with Crippen LogP contribution in [0.3, 0.4) is 0 Å². The Kier molecular flexibility index (Phi) is 5.64. The van der Waals surface area contributed by atoms with Crippen LogP contribution in [0.5, 0.6) is 0 Å². The van der Waals surface area contributed by atoms with E-state index < -0.39 is 5.60 Å². The monoisotopic (exact) mass is 367 g/mol. The molecule has 1 aromatic rings. The van der Waals surface area contributed by atoms with E-state index in [2.05, 4.69) is 10.6 Å². The van der Waals surface area contributed by atoms with Crippen LogP contribution < -0.4 is 15.5 Å². The maximum Gasteiger partial charge on any atom is 0.338 e. The molecule has 2 saturated heterocycles. The lowest BCUT2D eigenvalue weighted by atomic mass is 9.89. The van der Waals surface area contributed by atoms with Crippen LogP contribution in [0, 0.1) is 0 Å². The molecule has 6 nitrogen and oxygen atoms in total. The number of amides is 2. The molecule has 0 unspecified atom stereocenters. The van der Waals surface area contributed by atoms with Gasteiger partial charge in [0.25, 0.3) is 0 Å². The summed E-state index contributed by atoms with van der Waals surface area (Å²) in [4.78, 5) is 26.2. The molecule has 0 saturated carbocycles. The standard InChI is InChI=1S/C18H25N3O3.ClH/c1-17(2,3)24-15(22)13-4-6-14(7-5-13)21-12-18(20-16(21)23)8-10-19-11-9-18;/h4-7,19H,8-12H2,1-3H3,(H,20,23);1H. The van der Waals surface area contributed by atoms with Crippen molar-refractivity contribution in [2.45, 2.75) is 44.8 Å². The van der Waals surface area contributed by atoms with E-state index in [1.165, 1.54) is 0 Å². The van der Waals surface area contributed by atoms with Crippen molar-refractivity contribution in [3.63, 3.8) is 0 Å². The number of piperidine rings is 1. The molecule has 7 heteroatoms. The van der Waals surface area contributed by atoms with Crippen molar-refractivity contribution >= 4 is 30.1 Å². The van der Waals surface area contributed by atoms with Crippen LogP contribution >= 0.6 is 12.4 Å². The molecule has 25 heavy (non-hydrogen) atoms. The van der Waals surface area contributed by atoms with Crippen LogP contribution in [0.15, 0.2) is 24.3 Å². The van der Waals surface area contributed by atoms with E-state index in [0.29, 0.717) is 12.1 Å². The summed E-state index contributed by atoms with van der Waals surface area (Å²) in [6.07, 6.45) is 1.87. The van der Waals surface area contributed by atoms with Crippen LogP contribution in [-0.2, 0) is 4.74 Å². The summed E-state index contributed by atoms with van der Waals surface area (Å²) < 4.78 is 5.36. The number of hydrogen-bond donors (Lipinski definition) is 2. The minimum absolute atomic E-state index is 0. The number of nitrogens with one attached hydrogen (secondary N) is 2. The van der Waals surface area contributed by atoms with Gasteiger partial charge in [-0.1, -0.05) is 0 Å². The number of ether oxygens (including phenoxy) is 1. The number of halogens is 1. The minimum atomic E-state index is -0.522. The maximum absolute atomic E-state index is 12.4. The van der Waals surface area contributed by atoms with E-state index in [-0.39, 0.29) is 29.9 Å². The number of urea groups is 1. The van der Waals surface area contributed by atoms with Crippen LogP contribution in [0.1, 0.15) is 44.0 Å². The molecule has 0 radical (unpaired) electrons. The average molecular weight is 368 g/mol. The van der Waals surface area contributed by atoms with Crippen LogP contribution in [0.2, 0.25) is 0 Å². The molecule has 0 atom stereocenters. The van der Waals surface area contributed by atoms with Crippen molar-refractivity contribution in [2.75, 3.05) is 24.5 Å². The van der Waals surface area contributed by atoms with Gasteiger partial charge in [0.05, 0.1) is 17.6 Å². The molecule has 0 bridgehead atoms.